The fraction of sp³-hybridized carbons (Fsp3) is 0.300. The van der Waals surface area contributed by atoms with Gasteiger partial charge >= 0.3 is 0 Å². The summed E-state index contributed by atoms with van der Waals surface area (Å²) in [6.07, 6.45) is 1.59. The summed E-state index contributed by atoms with van der Waals surface area (Å²) in [4.78, 5) is 24.1. The molecule has 1 aliphatic heterocycles. The first-order chi connectivity index (χ1) is 12.6. The summed E-state index contributed by atoms with van der Waals surface area (Å²) in [6, 6.07) is 17.3. The van der Waals surface area contributed by atoms with Crippen molar-refractivity contribution >= 4 is 35.2 Å². The van der Waals surface area contributed by atoms with E-state index in [0.29, 0.717) is 18.0 Å². The number of benzene rings is 2. The molecule has 4 nitrogen and oxygen atoms in total. The van der Waals surface area contributed by atoms with Crippen LogP contribution in [-0.2, 0) is 9.59 Å². The molecule has 1 aliphatic rings. The molecule has 2 N–H and O–H groups in total. The first kappa shape index (κ1) is 18.8. The second-order valence-electron chi connectivity index (χ2n) is 6.21. The Balaban J connectivity index is 1.67. The van der Waals surface area contributed by atoms with Crippen molar-refractivity contribution in [2.45, 2.75) is 24.1 Å². The van der Waals surface area contributed by atoms with Crippen LogP contribution in [0, 0.1) is 0 Å². The van der Waals surface area contributed by atoms with E-state index < -0.39 is 6.04 Å². The van der Waals surface area contributed by atoms with Gasteiger partial charge in [0.25, 0.3) is 0 Å². The van der Waals surface area contributed by atoms with Gasteiger partial charge in [0.15, 0.2) is 0 Å². The zero-order valence-corrected chi connectivity index (χ0v) is 15.9. The van der Waals surface area contributed by atoms with Crippen LogP contribution in [0.3, 0.4) is 0 Å². The Kier molecular flexibility index (Phi) is 6.58. The lowest BCUT2D eigenvalue weighted by Gasteiger charge is -2.23. The van der Waals surface area contributed by atoms with Crippen LogP contribution in [0.1, 0.15) is 29.2 Å². The molecule has 2 aromatic carbocycles. The number of piperidine rings is 1. The van der Waals surface area contributed by atoms with Gasteiger partial charge < -0.3 is 10.6 Å². The van der Waals surface area contributed by atoms with E-state index in [0.717, 1.165) is 17.5 Å². The van der Waals surface area contributed by atoms with E-state index in [2.05, 4.69) is 22.8 Å². The molecule has 0 spiro atoms. The van der Waals surface area contributed by atoms with Gasteiger partial charge in [0, 0.05) is 11.6 Å². The number of carbonyl (C=O) groups excluding carboxylic acids is 2. The number of nitrogens with one attached hydrogen (secondary N) is 2. The van der Waals surface area contributed by atoms with E-state index >= 15 is 0 Å². The first-order valence-electron chi connectivity index (χ1n) is 8.62. The molecule has 3 rings (SSSR count). The maximum Gasteiger partial charge on any atom is 0.242 e. The number of rotatable bonds is 6. The summed E-state index contributed by atoms with van der Waals surface area (Å²) in [5.41, 5.74) is 2.22. The van der Waals surface area contributed by atoms with Crippen molar-refractivity contribution in [2.24, 2.45) is 0 Å². The van der Waals surface area contributed by atoms with Crippen LogP contribution in [-0.4, -0.2) is 30.2 Å². The molecule has 0 unspecified atom stereocenters. The number of amides is 2. The highest BCUT2D eigenvalue weighted by Gasteiger charge is 2.24. The average molecular weight is 389 g/mol. The van der Waals surface area contributed by atoms with Crippen molar-refractivity contribution in [1.29, 1.82) is 0 Å². The highest BCUT2D eigenvalue weighted by atomic mass is 35.5. The Morgan fingerprint density at radius 3 is 2.54 bits per heavy atom. The van der Waals surface area contributed by atoms with Crippen molar-refractivity contribution in [2.75, 3.05) is 12.3 Å². The Bertz CT molecular complexity index is 752. The Morgan fingerprint density at radius 1 is 1.15 bits per heavy atom. The lowest BCUT2D eigenvalue weighted by molar-refractivity contribution is -0.129. The molecule has 0 saturated carbocycles. The van der Waals surface area contributed by atoms with E-state index in [9.17, 15) is 9.59 Å². The fourth-order valence-corrected chi connectivity index (χ4v) is 4.18. The number of hydrogen-bond donors (Lipinski definition) is 2. The molecule has 1 saturated heterocycles. The SMILES string of the molecule is O=C(CS[C@H](c1ccccc1)c1ccc(Cl)cc1)N[C@@H]1CCCNC1=O. The number of halogens is 1. The number of hydrogen-bond acceptors (Lipinski definition) is 3. The van der Waals surface area contributed by atoms with Gasteiger partial charge in [0.2, 0.25) is 11.8 Å². The maximum absolute atomic E-state index is 12.3. The minimum Gasteiger partial charge on any atom is -0.354 e. The lowest BCUT2D eigenvalue weighted by atomic mass is 10.0. The van der Waals surface area contributed by atoms with Crippen molar-refractivity contribution in [3.63, 3.8) is 0 Å². The molecule has 2 atom stereocenters. The zero-order valence-electron chi connectivity index (χ0n) is 14.3. The topological polar surface area (TPSA) is 58.2 Å². The summed E-state index contributed by atoms with van der Waals surface area (Å²) in [5.74, 6) is 0.0743. The normalized spacial score (nSPS) is 18.0. The standard InChI is InChI=1S/C20H21ClN2O2S/c21-16-10-8-15(9-11-16)19(14-5-2-1-3-6-14)26-13-18(24)23-17-7-4-12-22-20(17)25/h1-3,5-6,8-11,17,19H,4,7,12-13H2,(H,22,25)(H,23,24)/t17-,19-/m1/s1. The third-order valence-electron chi connectivity index (χ3n) is 4.28. The van der Waals surface area contributed by atoms with Crippen molar-refractivity contribution < 1.29 is 9.59 Å². The van der Waals surface area contributed by atoms with Crippen LogP contribution in [0.2, 0.25) is 5.02 Å². The van der Waals surface area contributed by atoms with Crippen LogP contribution in [0.25, 0.3) is 0 Å². The zero-order chi connectivity index (χ0) is 18.4. The van der Waals surface area contributed by atoms with Gasteiger partial charge in [0.05, 0.1) is 11.0 Å². The molecule has 6 heteroatoms. The summed E-state index contributed by atoms with van der Waals surface area (Å²) >= 11 is 7.55. The molecule has 0 aromatic heterocycles. The van der Waals surface area contributed by atoms with E-state index in [1.807, 2.05) is 42.5 Å². The van der Waals surface area contributed by atoms with E-state index in [-0.39, 0.29) is 22.8 Å². The number of carbonyl (C=O) groups is 2. The van der Waals surface area contributed by atoms with Gasteiger partial charge in [-0.05, 0) is 36.1 Å². The minimum atomic E-state index is -0.414. The summed E-state index contributed by atoms with van der Waals surface area (Å²) < 4.78 is 0. The van der Waals surface area contributed by atoms with E-state index in [1.54, 1.807) is 11.8 Å². The average Bonchev–Trinajstić information content (AvgIpc) is 2.66. The van der Waals surface area contributed by atoms with Gasteiger partial charge in [-0.15, -0.1) is 11.8 Å². The molecule has 2 amide bonds. The highest BCUT2D eigenvalue weighted by molar-refractivity contribution is 8.00. The van der Waals surface area contributed by atoms with Crippen LogP contribution in [0.4, 0.5) is 0 Å². The van der Waals surface area contributed by atoms with Crippen LogP contribution < -0.4 is 10.6 Å². The first-order valence-corrected chi connectivity index (χ1v) is 10.1. The summed E-state index contributed by atoms with van der Waals surface area (Å²) in [5, 5.41) is 6.34. The lowest BCUT2D eigenvalue weighted by Crippen LogP contribution is -2.50. The third-order valence-corrected chi connectivity index (χ3v) is 5.84. The Labute approximate surface area is 162 Å². The molecule has 26 heavy (non-hydrogen) atoms. The molecule has 136 valence electrons. The molecule has 0 aliphatic carbocycles. The van der Waals surface area contributed by atoms with Gasteiger partial charge in [0.1, 0.15) is 6.04 Å². The van der Waals surface area contributed by atoms with Crippen LogP contribution >= 0.6 is 23.4 Å². The number of thioether (sulfide) groups is 1. The van der Waals surface area contributed by atoms with E-state index in [1.165, 1.54) is 0 Å². The molecule has 1 heterocycles. The van der Waals surface area contributed by atoms with Gasteiger partial charge in [-0.25, -0.2) is 0 Å². The largest absolute Gasteiger partial charge is 0.354 e. The summed E-state index contributed by atoms with van der Waals surface area (Å²) in [6.45, 7) is 0.687. The summed E-state index contributed by atoms with van der Waals surface area (Å²) in [7, 11) is 0. The van der Waals surface area contributed by atoms with Gasteiger partial charge in [-0.1, -0.05) is 54.1 Å². The highest BCUT2D eigenvalue weighted by Crippen LogP contribution is 2.35. The molecule has 0 radical (unpaired) electrons. The Hall–Kier alpha value is -1.98. The van der Waals surface area contributed by atoms with Gasteiger partial charge in [-0.3, -0.25) is 9.59 Å². The van der Waals surface area contributed by atoms with E-state index in [4.69, 9.17) is 11.6 Å². The monoisotopic (exact) mass is 388 g/mol. The van der Waals surface area contributed by atoms with Crippen molar-refractivity contribution in [3.8, 4) is 0 Å². The molecular formula is C20H21ClN2O2S. The van der Waals surface area contributed by atoms with Crippen LogP contribution in [0.15, 0.2) is 54.6 Å². The third kappa shape index (κ3) is 5.02. The minimum absolute atomic E-state index is 0.0272. The smallest absolute Gasteiger partial charge is 0.242 e. The maximum atomic E-state index is 12.3. The second kappa shape index (κ2) is 9.10. The van der Waals surface area contributed by atoms with Crippen LogP contribution in [0.5, 0.6) is 0 Å². The molecular weight excluding hydrogens is 368 g/mol. The molecule has 0 bridgehead atoms. The Morgan fingerprint density at radius 2 is 1.85 bits per heavy atom. The predicted octanol–water partition coefficient (Wildman–Crippen LogP) is 3.56. The van der Waals surface area contributed by atoms with Crippen molar-refractivity contribution in [1.82, 2.24) is 10.6 Å². The second-order valence-corrected chi connectivity index (χ2v) is 7.74. The quantitative estimate of drug-likeness (QED) is 0.795. The fourth-order valence-electron chi connectivity index (χ4n) is 2.96. The molecule has 2 aromatic rings. The van der Waals surface area contributed by atoms with Gasteiger partial charge in [-0.2, -0.15) is 0 Å². The van der Waals surface area contributed by atoms with Crippen molar-refractivity contribution in [3.05, 3.63) is 70.7 Å². The predicted molar refractivity (Wildman–Crippen MR) is 106 cm³/mol. The molecule has 1 fully saturated rings.